The molecule has 1 atom stereocenters. The molecule has 0 aliphatic heterocycles. The van der Waals surface area contributed by atoms with Crippen LogP contribution in [-0.4, -0.2) is 37.2 Å². The molecule has 0 aromatic carbocycles. The molecule has 406 valence electrons. The molecule has 0 aliphatic rings. The Bertz CT molecular complexity index is 1720. The van der Waals surface area contributed by atoms with Crippen molar-refractivity contribution in [2.24, 2.45) is 0 Å². The molecule has 0 aromatic rings. The highest BCUT2D eigenvalue weighted by Gasteiger charge is 2.19. The highest BCUT2D eigenvalue weighted by molar-refractivity contribution is 5.71. The number of hydrogen-bond acceptors (Lipinski definition) is 6. The standard InChI is InChI=1S/C67H102O6/c1-4-7-10-13-16-19-22-25-28-31-33-36-39-42-45-48-51-54-57-60-66(69)72-63-64(62-71-65(68)59-56-53-50-47-44-41-38-35-30-27-24-21-18-15-12-9-6-3)73-67(70)61-58-55-52-49-46-43-40-37-34-32-29-26-23-20-17-14-11-8-5-2/h7-8,10-11,16-17,19-20,25-30,33-34,36-38,41-43,45-47,50-51,54,64H,4-6,9,12-15,18,21-24,31-32,35,39-40,44,48-49,52-53,55-63H2,1-3H3/b10-7-,11-8-,19-16-,20-17-,28-25-,29-26-,30-27-,36-33-,37-34-,41-38-,45-42-,46-43-,50-47-,54-51-. The van der Waals surface area contributed by atoms with E-state index in [4.69, 9.17) is 14.2 Å². The Morgan fingerprint density at radius 2 is 0.575 bits per heavy atom. The first-order chi connectivity index (χ1) is 36.0. The molecule has 0 radical (unpaired) electrons. The number of esters is 3. The van der Waals surface area contributed by atoms with Gasteiger partial charge >= 0.3 is 17.9 Å². The maximum absolute atomic E-state index is 12.9. The van der Waals surface area contributed by atoms with Gasteiger partial charge < -0.3 is 14.2 Å². The van der Waals surface area contributed by atoms with Gasteiger partial charge in [0.15, 0.2) is 6.10 Å². The zero-order valence-corrected chi connectivity index (χ0v) is 46.3. The maximum atomic E-state index is 12.9. The van der Waals surface area contributed by atoms with E-state index >= 15 is 0 Å². The van der Waals surface area contributed by atoms with E-state index in [2.05, 4.69) is 179 Å². The van der Waals surface area contributed by atoms with Crippen LogP contribution in [0.4, 0.5) is 0 Å². The van der Waals surface area contributed by atoms with Crippen LogP contribution < -0.4 is 0 Å². The van der Waals surface area contributed by atoms with Crippen molar-refractivity contribution in [1.82, 2.24) is 0 Å². The van der Waals surface area contributed by atoms with Gasteiger partial charge in [-0.2, -0.15) is 0 Å². The molecular formula is C67H102O6. The molecule has 0 saturated heterocycles. The second-order valence-electron chi connectivity index (χ2n) is 18.1. The monoisotopic (exact) mass is 1000 g/mol. The molecule has 6 heteroatoms. The van der Waals surface area contributed by atoms with Gasteiger partial charge in [-0.1, -0.05) is 229 Å². The molecule has 1 unspecified atom stereocenters. The van der Waals surface area contributed by atoms with Crippen LogP contribution in [0.2, 0.25) is 0 Å². The van der Waals surface area contributed by atoms with Crippen molar-refractivity contribution in [3.8, 4) is 0 Å². The topological polar surface area (TPSA) is 78.9 Å². The minimum absolute atomic E-state index is 0.150. The molecule has 0 bridgehead atoms. The lowest BCUT2D eigenvalue weighted by Gasteiger charge is -2.18. The second-order valence-corrected chi connectivity index (χ2v) is 18.1. The smallest absolute Gasteiger partial charge is 0.306 e. The Labute approximate surface area is 447 Å². The Kier molecular flexibility index (Phi) is 55.1. The molecule has 0 heterocycles. The number of carbonyl (C=O) groups is 3. The summed E-state index contributed by atoms with van der Waals surface area (Å²) in [6.45, 7) is 6.25. The Morgan fingerprint density at radius 1 is 0.288 bits per heavy atom. The number of carbonyl (C=O) groups excluding carboxylic acids is 3. The SMILES string of the molecule is CC/C=C\C/C=C\C/C=C\C/C=C\C/C=C\C/C=C\CCC(=O)OCC(COC(=O)CCC/C=C\C/C=C\C/C=C\CCCCCCCC)OC(=O)CCCCC/C=C\C/C=C\C/C=C\C/C=C\C/C=C\CC. The van der Waals surface area contributed by atoms with Crippen LogP contribution in [-0.2, 0) is 28.6 Å². The molecule has 0 spiro atoms. The zero-order valence-electron chi connectivity index (χ0n) is 46.3. The first-order valence-corrected chi connectivity index (χ1v) is 28.6. The number of rotatable bonds is 49. The third-order valence-electron chi connectivity index (χ3n) is 11.2. The quantitative estimate of drug-likeness (QED) is 0.0261. The molecular weight excluding hydrogens is 901 g/mol. The minimum Gasteiger partial charge on any atom is -0.462 e. The number of allylic oxidation sites excluding steroid dienone is 28. The number of ether oxygens (including phenoxy) is 3. The van der Waals surface area contributed by atoms with Gasteiger partial charge in [-0.15, -0.1) is 0 Å². The molecule has 0 aromatic heterocycles. The molecule has 0 aliphatic carbocycles. The van der Waals surface area contributed by atoms with Gasteiger partial charge in [-0.05, 0) is 135 Å². The first-order valence-electron chi connectivity index (χ1n) is 28.6. The molecule has 0 fully saturated rings. The molecule has 0 rings (SSSR count). The van der Waals surface area contributed by atoms with Crippen LogP contribution in [0.3, 0.4) is 0 Å². The van der Waals surface area contributed by atoms with Gasteiger partial charge in [0, 0.05) is 19.3 Å². The molecule has 73 heavy (non-hydrogen) atoms. The van der Waals surface area contributed by atoms with Crippen molar-refractivity contribution in [2.75, 3.05) is 13.2 Å². The number of hydrogen-bond donors (Lipinski definition) is 0. The lowest BCUT2D eigenvalue weighted by Crippen LogP contribution is -2.30. The van der Waals surface area contributed by atoms with Gasteiger partial charge in [-0.25, -0.2) is 0 Å². The van der Waals surface area contributed by atoms with Crippen molar-refractivity contribution in [2.45, 2.75) is 219 Å². The summed E-state index contributed by atoms with van der Waals surface area (Å²) >= 11 is 0. The van der Waals surface area contributed by atoms with E-state index in [-0.39, 0.29) is 50.4 Å². The molecule has 0 amide bonds. The summed E-state index contributed by atoms with van der Waals surface area (Å²) in [5.41, 5.74) is 0. The first kappa shape index (κ1) is 67.8. The summed E-state index contributed by atoms with van der Waals surface area (Å²) in [6, 6.07) is 0. The predicted octanol–water partition coefficient (Wildman–Crippen LogP) is 19.5. The van der Waals surface area contributed by atoms with Crippen molar-refractivity contribution >= 4 is 17.9 Å². The highest BCUT2D eigenvalue weighted by atomic mass is 16.6. The van der Waals surface area contributed by atoms with Crippen molar-refractivity contribution < 1.29 is 28.6 Å². The summed E-state index contributed by atoms with van der Waals surface area (Å²) in [5, 5.41) is 0. The fourth-order valence-corrected chi connectivity index (χ4v) is 6.98. The van der Waals surface area contributed by atoms with E-state index in [1.807, 2.05) is 12.2 Å². The van der Waals surface area contributed by atoms with Crippen molar-refractivity contribution in [1.29, 1.82) is 0 Å². The average molecular weight is 1000 g/mol. The van der Waals surface area contributed by atoms with Crippen LogP contribution in [0, 0.1) is 0 Å². The van der Waals surface area contributed by atoms with Crippen LogP contribution in [0.5, 0.6) is 0 Å². The van der Waals surface area contributed by atoms with Gasteiger partial charge in [0.2, 0.25) is 0 Å². The summed E-state index contributed by atoms with van der Waals surface area (Å²) in [7, 11) is 0. The second kappa shape index (κ2) is 59.3. The van der Waals surface area contributed by atoms with E-state index in [0.29, 0.717) is 19.3 Å². The van der Waals surface area contributed by atoms with E-state index < -0.39 is 6.10 Å². The number of unbranched alkanes of at least 4 members (excludes halogenated alkanes) is 10. The van der Waals surface area contributed by atoms with Crippen LogP contribution >= 0.6 is 0 Å². The summed E-state index contributed by atoms with van der Waals surface area (Å²) in [4.78, 5) is 38.1. The zero-order chi connectivity index (χ0) is 52.9. The summed E-state index contributed by atoms with van der Waals surface area (Å²) in [6.07, 6.45) is 87.9. The van der Waals surface area contributed by atoms with E-state index in [1.165, 1.54) is 44.9 Å². The average Bonchev–Trinajstić information content (AvgIpc) is 3.39. The van der Waals surface area contributed by atoms with Gasteiger partial charge in [0.1, 0.15) is 13.2 Å². The fraction of sp³-hybridized carbons (Fsp3) is 0.537. The van der Waals surface area contributed by atoms with Crippen molar-refractivity contribution in [3.63, 3.8) is 0 Å². The van der Waals surface area contributed by atoms with E-state index in [0.717, 1.165) is 109 Å². The third kappa shape index (κ3) is 57.5. The largest absolute Gasteiger partial charge is 0.462 e. The van der Waals surface area contributed by atoms with Gasteiger partial charge in [-0.3, -0.25) is 14.4 Å². The van der Waals surface area contributed by atoms with E-state index in [1.54, 1.807) is 0 Å². The normalized spacial score (nSPS) is 13.4. The maximum Gasteiger partial charge on any atom is 0.306 e. The van der Waals surface area contributed by atoms with Crippen LogP contribution in [0.15, 0.2) is 170 Å². The lowest BCUT2D eigenvalue weighted by molar-refractivity contribution is -0.166. The third-order valence-corrected chi connectivity index (χ3v) is 11.2. The summed E-state index contributed by atoms with van der Waals surface area (Å²) < 4.78 is 16.7. The lowest BCUT2D eigenvalue weighted by atomic mass is 10.1. The summed E-state index contributed by atoms with van der Waals surface area (Å²) in [5.74, 6) is -1.13. The van der Waals surface area contributed by atoms with Gasteiger partial charge in [0.05, 0.1) is 0 Å². The molecule has 0 N–H and O–H groups in total. The van der Waals surface area contributed by atoms with Crippen molar-refractivity contribution in [3.05, 3.63) is 170 Å². The fourth-order valence-electron chi connectivity index (χ4n) is 6.98. The molecule has 6 nitrogen and oxygen atoms in total. The minimum atomic E-state index is -0.857. The van der Waals surface area contributed by atoms with Crippen LogP contribution in [0.1, 0.15) is 213 Å². The molecule has 0 saturated carbocycles. The van der Waals surface area contributed by atoms with Crippen LogP contribution in [0.25, 0.3) is 0 Å². The predicted molar refractivity (Wildman–Crippen MR) is 315 cm³/mol. The van der Waals surface area contributed by atoms with E-state index in [9.17, 15) is 14.4 Å². The Morgan fingerprint density at radius 3 is 0.959 bits per heavy atom. The highest BCUT2D eigenvalue weighted by Crippen LogP contribution is 2.11. The van der Waals surface area contributed by atoms with Gasteiger partial charge in [0.25, 0.3) is 0 Å². The Balaban J connectivity index is 4.68. The Hall–Kier alpha value is -5.23.